The molecule has 1 aliphatic heterocycles. The molecule has 1 aliphatic carbocycles. The van der Waals surface area contributed by atoms with Gasteiger partial charge in [-0.05, 0) is 62.8 Å². The smallest absolute Gasteiger partial charge is 0.251 e. The predicted octanol–water partition coefficient (Wildman–Crippen LogP) is 3.14. The van der Waals surface area contributed by atoms with Gasteiger partial charge in [-0.1, -0.05) is 24.3 Å². The van der Waals surface area contributed by atoms with E-state index < -0.39 is 15.1 Å². The van der Waals surface area contributed by atoms with Crippen LogP contribution in [0.2, 0.25) is 0 Å². The average Bonchev–Trinajstić information content (AvgIpc) is 3.47. The molecule has 1 aromatic carbocycles. The van der Waals surface area contributed by atoms with Gasteiger partial charge in [0.1, 0.15) is 0 Å². The summed E-state index contributed by atoms with van der Waals surface area (Å²) in [4.78, 5) is 27.5. The average molecular weight is 427 g/mol. The second-order valence-corrected chi connectivity index (χ2v) is 10.8. The van der Waals surface area contributed by atoms with E-state index in [1.165, 1.54) is 0 Å². The quantitative estimate of drug-likeness (QED) is 0.742. The molecular weight excluding hydrogens is 400 g/mol. The van der Waals surface area contributed by atoms with Crippen LogP contribution < -0.4 is 10.9 Å². The number of amides is 1. The maximum Gasteiger partial charge on any atom is 0.251 e. The zero-order chi connectivity index (χ0) is 21.5. The Labute approximate surface area is 176 Å². The number of benzene rings is 1. The van der Waals surface area contributed by atoms with Crippen molar-refractivity contribution in [3.63, 3.8) is 0 Å². The molecule has 2 heterocycles. The van der Waals surface area contributed by atoms with E-state index >= 15 is 0 Å². The number of pyridine rings is 1. The summed E-state index contributed by atoms with van der Waals surface area (Å²) in [5.41, 5.74) is 2.94. The molecule has 7 heteroatoms. The maximum atomic E-state index is 12.6. The van der Waals surface area contributed by atoms with Crippen LogP contribution in [-0.2, 0) is 14.6 Å². The van der Waals surface area contributed by atoms with E-state index in [2.05, 4.69) is 10.3 Å². The molecule has 4 rings (SSSR count). The Morgan fingerprint density at radius 3 is 2.27 bits per heavy atom. The normalized spacial score (nSPS) is 19.9. The molecule has 30 heavy (non-hydrogen) atoms. The fraction of sp³-hybridized carbons (Fsp3) is 0.391. The van der Waals surface area contributed by atoms with Gasteiger partial charge in [0.25, 0.3) is 5.56 Å². The van der Waals surface area contributed by atoms with Gasteiger partial charge >= 0.3 is 0 Å². The van der Waals surface area contributed by atoms with Gasteiger partial charge < -0.3 is 10.3 Å². The summed E-state index contributed by atoms with van der Waals surface area (Å²) in [6.07, 6.45) is 5.19. The number of H-pyrrole nitrogens is 1. The van der Waals surface area contributed by atoms with Crippen molar-refractivity contribution in [2.24, 2.45) is 0 Å². The monoisotopic (exact) mass is 426 g/mol. The van der Waals surface area contributed by atoms with E-state index in [0.717, 1.165) is 29.5 Å². The minimum absolute atomic E-state index is 0.00606. The van der Waals surface area contributed by atoms with Crippen LogP contribution in [0.1, 0.15) is 62.3 Å². The highest BCUT2D eigenvalue weighted by molar-refractivity contribution is 7.92. The number of sulfone groups is 1. The molecule has 1 aromatic heterocycles. The first-order valence-corrected chi connectivity index (χ1v) is 11.9. The van der Waals surface area contributed by atoms with Crippen LogP contribution in [0, 0.1) is 0 Å². The van der Waals surface area contributed by atoms with Gasteiger partial charge in [0, 0.05) is 29.3 Å². The summed E-state index contributed by atoms with van der Waals surface area (Å²) < 4.78 is 24.9. The molecule has 0 radical (unpaired) electrons. The third-order valence-electron chi connectivity index (χ3n) is 5.76. The Bertz CT molecular complexity index is 1160. The molecule has 2 N–H and O–H groups in total. The van der Waals surface area contributed by atoms with E-state index in [1.807, 2.05) is 18.2 Å². The van der Waals surface area contributed by atoms with Crippen molar-refractivity contribution in [3.8, 4) is 0 Å². The lowest BCUT2D eigenvalue weighted by molar-refractivity contribution is -0.119. The van der Waals surface area contributed by atoms with Crippen LogP contribution in [0.5, 0.6) is 0 Å². The zero-order valence-electron chi connectivity index (χ0n) is 17.1. The van der Waals surface area contributed by atoms with Crippen molar-refractivity contribution in [3.05, 3.63) is 69.6 Å². The summed E-state index contributed by atoms with van der Waals surface area (Å²) in [5, 5.41) is 2.42. The Morgan fingerprint density at radius 1 is 1.03 bits per heavy atom. The van der Waals surface area contributed by atoms with Gasteiger partial charge in [0.2, 0.25) is 5.91 Å². The Balaban J connectivity index is 1.74. The number of hydrogen-bond donors (Lipinski definition) is 2. The first-order chi connectivity index (χ1) is 14.3. The van der Waals surface area contributed by atoms with E-state index in [-0.39, 0.29) is 22.4 Å². The predicted molar refractivity (Wildman–Crippen MR) is 116 cm³/mol. The molecule has 1 atom stereocenters. The van der Waals surface area contributed by atoms with Gasteiger partial charge in [0.15, 0.2) is 9.84 Å². The number of rotatable bonds is 6. The van der Waals surface area contributed by atoms with Crippen molar-refractivity contribution < 1.29 is 13.2 Å². The van der Waals surface area contributed by atoms with Crippen molar-refractivity contribution in [1.82, 2.24) is 10.3 Å². The summed E-state index contributed by atoms with van der Waals surface area (Å²) in [5.74, 6) is 0.358. The molecule has 2 aliphatic rings. The van der Waals surface area contributed by atoms with Crippen LogP contribution in [0.4, 0.5) is 0 Å². The van der Waals surface area contributed by atoms with E-state index in [1.54, 1.807) is 38.1 Å². The topological polar surface area (TPSA) is 96.1 Å². The fourth-order valence-electron chi connectivity index (χ4n) is 3.76. The molecule has 158 valence electrons. The van der Waals surface area contributed by atoms with Crippen molar-refractivity contribution in [2.75, 3.05) is 0 Å². The van der Waals surface area contributed by atoms with E-state index in [9.17, 15) is 18.0 Å². The van der Waals surface area contributed by atoms with Crippen LogP contribution in [0.3, 0.4) is 0 Å². The molecule has 1 saturated heterocycles. The minimum atomic E-state index is -3.36. The Morgan fingerprint density at radius 2 is 1.73 bits per heavy atom. The lowest BCUT2D eigenvalue weighted by atomic mass is 9.98. The number of carbonyl (C=O) groups is 1. The van der Waals surface area contributed by atoms with Crippen LogP contribution in [0.25, 0.3) is 5.57 Å². The summed E-state index contributed by atoms with van der Waals surface area (Å²) in [6.45, 7) is 3.31. The first kappa shape index (κ1) is 20.6. The summed E-state index contributed by atoms with van der Waals surface area (Å²) in [6, 6.07) is 10.4. The van der Waals surface area contributed by atoms with Gasteiger partial charge in [-0.3, -0.25) is 9.59 Å². The standard InChI is InChI=1S/C23H26N2O4S/c1-14(2)30(28,29)18-8-5-16(6-9-18)20(13-17-7-12-22(26)24-17)21-11-10-19(15-3-4-15)23(27)25-21/h5-6,8-11,13-15,17H,3-4,7,12H2,1-2H3,(H,24,26)(H,25,27)/t17-/m1/s1. The third kappa shape index (κ3) is 4.12. The molecule has 0 unspecified atom stereocenters. The maximum absolute atomic E-state index is 12.6. The molecule has 0 bridgehead atoms. The second kappa shape index (κ2) is 7.87. The molecule has 2 aromatic rings. The van der Waals surface area contributed by atoms with Crippen molar-refractivity contribution in [1.29, 1.82) is 0 Å². The molecule has 2 fully saturated rings. The number of hydrogen-bond acceptors (Lipinski definition) is 4. The molecule has 1 amide bonds. The summed E-state index contributed by atoms with van der Waals surface area (Å²) in [7, 11) is -3.36. The fourth-order valence-corrected chi connectivity index (χ4v) is 4.82. The van der Waals surface area contributed by atoms with E-state index in [4.69, 9.17) is 0 Å². The lowest BCUT2D eigenvalue weighted by Gasteiger charge is -2.14. The third-order valence-corrected chi connectivity index (χ3v) is 7.93. The van der Waals surface area contributed by atoms with Crippen LogP contribution >= 0.6 is 0 Å². The zero-order valence-corrected chi connectivity index (χ0v) is 18.0. The van der Waals surface area contributed by atoms with E-state index in [0.29, 0.717) is 24.5 Å². The molecule has 0 spiro atoms. The highest BCUT2D eigenvalue weighted by atomic mass is 32.2. The number of nitrogens with one attached hydrogen (secondary N) is 2. The molecule has 1 saturated carbocycles. The second-order valence-electron chi connectivity index (χ2n) is 8.34. The highest BCUT2D eigenvalue weighted by Crippen LogP contribution is 2.38. The highest BCUT2D eigenvalue weighted by Gasteiger charge is 2.27. The van der Waals surface area contributed by atoms with Crippen LogP contribution in [-0.4, -0.2) is 30.6 Å². The van der Waals surface area contributed by atoms with Gasteiger partial charge in [-0.2, -0.15) is 0 Å². The number of carbonyl (C=O) groups excluding carboxylic acids is 1. The number of aromatic nitrogens is 1. The minimum Gasteiger partial charge on any atom is -0.350 e. The van der Waals surface area contributed by atoms with Crippen molar-refractivity contribution >= 4 is 21.3 Å². The SMILES string of the molecule is CC(C)S(=O)(=O)c1ccc(C(=C[C@H]2CCC(=O)N2)c2ccc(C3CC3)c(=O)[nH]2)cc1. The molecule has 6 nitrogen and oxygen atoms in total. The lowest BCUT2D eigenvalue weighted by Crippen LogP contribution is -2.23. The van der Waals surface area contributed by atoms with Crippen molar-refractivity contribution in [2.45, 2.75) is 61.6 Å². The first-order valence-electron chi connectivity index (χ1n) is 10.3. The Kier molecular flexibility index (Phi) is 5.40. The van der Waals surface area contributed by atoms with Crippen LogP contribution in [0.15, 0.2) is 52.2 Å². The van der Waals surface area contributed by atoms with Gasteiger partial charge in [-0.25, -0.2) is 8.42 Å². The van der Waals surface area contributed by atoms with Gasteiger partial charge in [0.05, 0.1) is 10.1 Å². The molecular formula is C23H26N2O4S. The summed E-state index contributed by atoms with van der Waals surface area (Å²) >= 11 is 0. The van der Waals surface area contributed by atoms with Gasteiger partial charge in [-0.15, -0.1) is 0 Å². The largest absolute Gasteiger partial charge is 0.350 e. The Hall–Kier alpha value is -2.67. The number of aromatic amines is 1.